The van der Waals surface area contributed by atoms with Crippen molar-refractivity contribution in [1.29, 1.82) is 0 Å². The first kappa shape index (κ1) is 14.3. The van der Waals surface area contributed by atoms with Crippen molar-refractivity contribution in [3.8, 4) is 5.75 Å². The molecule has 0 radical (unpaired) electrons. The largest absolute Gasteiger partial charge is 0.488 e. The average molecular weight is 313 g/mol. The van der Waals surface area contributed by atoms with Gasteiger partial charge in [0, 0.05) is 18.7 Å². The number of fused-ring (bicyclic) bond motifs is 2. The Morgan fingerprint density at radius 2 is 2.13 bits per heavy atom. The lowest BCUT2D eigenvalue weighted by Gasteiger charge is -2.25. The van der Waals surface area contributed by atoms with Crippen LogP contribution in [0.5, 0.6) is 5.75 Å². The van der Waals surface area contributed by atoms with E-state index in [-0.39, 0.29) is 18.4 Å². The van der Waals surface area contributed by atoms with E-state index < -0.39 is 11.4 Å². The predicted molar refractivity (Wildman–Crippen MR) is 83.9 cm³/mol. The molecule has 1 amide bonds. The predicted octanol–water partition coefficient (Wildman–Crippen LogP) is 2.18. The van der Waals surface area contributed by atoms with Crippen LogP contribution in [-0.4, -0.2) is 41.6 Å². The van der Waals surface area contributed by atoms with Gasteiger partial charge in [-0.1, -0.05) is 24.6 Å². The molecule has 23 heavy (non-hydrogen) atoms. The van der Waals surface area contributed by atoms with E-state index in [2.05, 4.69) is 0 Å². The highest BCUT2D eigenvalue weighted by Gasteiger charge is 2.56. The number of carbonyl (C=O) groups is 2. The van der Waals surface area contributed by atoms with Gasteiger partial charge in [0.25, 0.3) is 5.91 Å². The molecule has 0 bridgehead atoms. The van der Waals surface area contributed by atoms with Gasteiger partial charge in [-0.2, -0.15) is 0 Å². The number of likely N-dealkylation sites (tertiary alicyclic amines) is 1. The summed E-state index contributed by atoms with van der Waals surface area (Å²) in [5, 5.41) is 9.64. The molecule has 0 spiro atoms. The third-order valence-corrected chi connectivity index (χ3v) is 5.49. The highest BCUT2D eigenvalue weighted by molar-refractivity contribution is 5.99. The van der Waals surface area contributed by atoms with Crippen LogP contribution in [0.4, 0.5) is 0 Å². The lowest BCUT2D eigenvalue weighted by atomic mass is 9.81. The molecule has 120 valence electrons. The van der Waals surface area contributed by atoms with Crippen LogP contribution in [0.1, 0.15) is 24.8 Å². The SMILES string of the molecule is O=C(C1=Cc2ccccc2OC1)N1C[C@@H]2CCC[C@@]2(C(=O)O)C1. The molecule has 2 fully saturated rings. The van der Waals surface area contributed by atoms with Gasteiger partial charge in [0.05, 0.1) is 11.0 Å². The van der Waals surface area contributed by atoms with Gasteiger partial charge in [-0.25, -0.2) is 0 Å². The van der Waals surface area contributed by atoms with E-state index in [1.807, 2.05) is 30.3 Å². The third kappa shape index (κ3) is 2.14. The molecule has 5 nitrogen and oxygen atoms in total. The molecule has 5 heteroatoms. The molecule has 0 aromatic heterocycles. The molecule has 1 aromatic rings. The van der Waals surface area contributed by atoms with Gasteiger partial charge < -0.3 is 14.7 Å². The number of carbonyl (C=O) groups excluding carboxylic acids is 1. The topological polar surface area (TPSA) is 66.8 Å². The van der Waals surface area contributed by atoms with Gasteiger partial charge >= 0.3 is 5.97 Å². The molecule has 2 atom stereocenters. The Bertz CT molecular complexity index is 711. The molecule has 1 saturated heterocycles. The van der Waals surface area contributed by atoms with Gasteiger partial charge in [-0.05, 0) is 30.9 Å². The summed E-state index contributed by atoms with van der Waals surface area (Å²) in [4.78, 5) is 26.2. The maximum Gasteiger partial charge on any atom is 0.311 e. The molecule has 0 unspecified atom stereocenters. The van der Waals surface area contributed by atoms with Crippen LogP contribution in [-0.2, 0) is 9.59 Å². The molecule has 1 aliphatic carbocycles. The summed E-state index contributed by atoms with van der Waals surface area (Å²) in [5.41, 5.74) is 0.766. The van der Waals surface area contributed by atoms with E-state index in [0.717, 1.165) is 24.2 Å². The Hall–Kier alpha value is -2.30. The summed E-state index contributed by atoms with van der Waals surface area (Å²) in [6.07, 6.45) is 4.38. The summed E-state index contributed by atoms with van der Waals surface area (Å²) in [6, 6.07) is 7.61. The monoisotopic (exact) mass is 313 g/mol. The minimum Gasteiger partial charge on any atom is -0.488 e. The van der Waals surface area contributed by atoms with Crippen LogP contribution in [0.3, 0.4) is 0 Å². The van der Waals surface area contributed by atoms with Crippen molar-refractivity contribution in [2.24, 2.45) is 11.3 Å². The Kier molecular flexibility index (Phi) is 3.18. The molecule has 4 rings (SSSR count). The number of ether oxygens (including phenoxy) is 1. The van der Waals surface area contributed by atoms with E-state index in [1.54, 1.807) is 4.90 Å². The van der Waals surface area contributed by atoms with Crippen LogP contribution < -0.4 is 4.74 Å². The Labute approximate surface area is 134 Å². The number of nitrogens with zero attached hydrogens (tertiary/aromatic N) is 1. The molecule has 2 aliphatic heterocycles. The quantitative estimate of drug-likeness (QED) is 0.909. The van der Waals surface area contributed by atoms with Crippen molar-refractivity contribution in [3.05, 3.63) is 35.4 Å². The standard InChI is InChI=1S/C18H19NO4/c20-16(13-8-12-4-1-2-6-15(12)23-10-13)19-9-14-5-3-7-18(14,11-19)17(21)22/h1-2,4,6,8,14H,3,5,7,9-11H2,(H,21,22)/t14-,18+/m0/s1. The Morgan fingerprint density at radius 3 is 2.91 bits per heavy atom. The number of rotatable bonds is 2. The van der Waals surface area contributed by atoms with Crippen molar-refractivity contribution in [2.75, 3.05) is 19.7 Å². The second-order valence-corrected chi connectivity index (χ2v) is 6.73. The molecular formula is C18H19NO4. The molecule has 1 saturated carbocycles. The minimum absolute atomic E-state index is 0.0846. The number of carboxylic acid groups (broad SMARTS) is 1. The molecule has 1 aromatic carbocycles. The second-order valence-electron chi connectivity index (χ2n) is 6.73. The number of amides is 1. The molecule has 1 N–H and O–H groups in total. The van der Waals surface area contributed by atoms with Crippen LogP contribution in [0.2, 0.25) is 0 Å². The lowest BCUT2D eigenvalue weighted by Crippen LogP contribution is -2.38. The van der Waals surface area contributed by atoms with Gasteiger partial charge in [-0.15, -0.1) is 0 Å². The van der Waals surface area contributed by atoms with E-state index in [4.69, 9.17) is 4.74 Å². The fraction of sp³-hybridized carbons (Fsp3) is 0.444. The summed E-state index contributed by atoms with van der Waals surface area (Å²) in [7, 11) is 0. The second kappa shape index (κ2) is 5.11. The van der Waals surface area contributed by atoms with E-state index in [1.165, 1.54) is 0 Å². The Balaban J connectivity index is 1.58. The highest BCUT2D eigenvalue weighted by atomic mass is 16.5. The normalized spacial score (nSPS) is 28.6. The molecule has 2 heterocycles. The van der Waals surface area contributed by atoms with Crippen LogP contribution in [0.25, 0.3) is 6.08 Å². The van der Waals surface area contributed by atoms with E-state index in [9.17, 15) is 14.7 Å². The molecular weight excluding hydrogens is 294 g/mol. The Morgan fingerprint density at radius 1 is 1.30 bits per heavy atom. The lowest BCUT2D eigenvalue weighted by molar-refractivity contribution is -0.149. The van der Waals surface area contributed by atoms with Crippen molar-refractivity contribution >= 4 is 18.0 Å². The fourth-order valence-corrected chi connectivity index (χ4v) is 4.24. The maximum absolute atomic E-state index is 12.8. The van der Waals surface area contributed by atoms with E-state index in [0.29, 0.717) is 25.1 Å². The minimum atomic E-state index is -0.755. The summed E-state index contributed by atoms with van der Waals surface area (Å²) >= 11 is 0. The number of hydrogen-bond donors (Lipinski definition) is 1. The zero-order valence-corrected chi connectivity index (χ0v) is 12.8. The average Bonchev–Trinajstić information content (AvgIpc) is 3.12. The van der Waals surface area contributed by atoms with Crippen molar-refractivity contribution < 1.29 is 19.4 Å². The van der Waals surface area contributed by atoms with Crippen molar-refractivity contribution in [3.63, 3.8) is 0 Å². The zero-order valence-electron chi connectivity index (χ0n) is 12.8. The van der Waals surface area contributed by atoms with Crippen LogP contribution in [0, 0.1) is 11.3 Å². The van der Waals surface area contributed by atoms with Gasteiger partial charge in [0.2, 0.25) is 0 Å². The first-order valence-electron chi connectivity index (χ1n) is 8.05. The van der Waals surface area contributed by atoms with E-state index >= 15 is 0 Å². The summed E-state index contributed by atoms with van der Waals surface area (Å²) < 4.78 is 5.65. The fourth-order valence-electron chi connectivity index (χ4n) is 4.24. The van der Waals surface area contributed by atoms with Crippen LogP contribution >= 0.6 is 0 Å². The number of benzene rings is 1. The number of aliphatic carboxylic acids is 1. The first-order chi connectivity index (χ1) is 11.1. The summed E-state index contributed by atoms with van der Waals surface area (Å²) in [6.45, 7) is 1.12. The van der Waals surface area contributed by atoms with Gasteiger partial charge in [0.15, 0.2) is 0 Å². The van der Waals surface area contributed by atoms with Crippen molar-refractivity contribution in [2.45, 2.75) is 19.3 Å². The van der Waals surface area contributed by atoms with Gasteiger partial charge in [-0.3, -0.25) is 9.59 Å². The zero-order chi connectivity index (χ0) is 16.0. The number of carboxylic acids is 1. The smallest absolute Gasteiger partial charge is 0.311 e. The number of para-hydroxylation sites is 1. The highest BCUT2D eigenvalue weighted by Crippen LogP contribution is 2.49. The first-order valence-corrected chi connectivity index (χ1v) is 8.05. The molecule has 3 aliphatic rings. The van der Waals surface area contributed by atoms with Crippen LogP contribution in [0.15, 0.2) is 29.8 Å². The maximum atomic E-state index is 12.8. The number of hydrogen-bond acceptors (Lipinski definition) is 3. The summed E-state index contributed by atoms with van der Waals surface area (Å²) in [5.74, 6) is 0.0229. The van der Waals surface area contributed by atoms with Gasteiger partial charge in [0.1, 0.15) is 12.4 Å². The van der Waals surface area contributed by atoms with Crippen molar-refractivity contribution in [1.82, 2.24) is 4.90 Å². The third-order valence-electron chi connectivity index (χ3n) is 5.49.